The van der Waals surface area contributed by atoms with Gasteiger partial charge in [0.25, 0.3) is 0 Å². The van der Waals surface area contributed by atoms with Crippen LogP contribution in [0.15, 0.2) is 42.5 Å². The monoisotopic (exact) mass is 398 g/mol. The summed E-state index contributed by atoms with van der Waals surface area (Å²) in [6, 6.07) is 13.2. The van der Waals surface area contributed by atoms with E-state index in [-0.39, 0.29) is 0 Å². The predicted octanol–water partition coefficient (Wildman–Crippen LogP) is 3.90. The van der Waals surface area contributed by atoms with Gasteiger partial charge in [-0.05, 0) is 61.6 Å². The second kappa shape index (κ2) is 11.1. The average Bonchev–Trinajstić information content (AvgIpc) is 2.70. The van der Waals surface area contributed by atoms with Crippen LogP contribution in [0.5, 0.6) is 11.5 Å². The molecule has 0 saturated carbocycles. The fourth-order valence-corrected chi connectivity index (χ4v) is 2.79. The van der Waals surface area contributed by atoms with Gasteiger partial charge in [0, 0.05) is 12.2 Å². The Morgan fingerprint density at radius 3 is 2.17 bits per heavy atom. The first-order chi connectivity index (χ1) is 13.9. The summed E-state index contributed by atoms with van der Waals surface area (Å²) in [4.78, 5) is 24.1. The van der Waals surface area contributed by atoms with Gasteiger partial charge in [-0.15, -0.1) is 0 Å². The third kappa shape index (κ3) is 6.82. The molecule has 0 unspecified atom stereocenters. The van der Waals surface area contributed by atoms with Crippen molar-refractivity contribution in [2.45, 2.75) is 40.0 Å². The van der Waals surface area contributed by atoms with E-state index in [1.807, 2.05) is 44.2 Å². The first-order valence-electron chi connectivity index (χ1n) is 10.0. The van der Waals surface area contributed by atoms with E-state index < -0.39 is 11.8 Å². The maximum absolute atomic E-state index is 12.1. The number of carbonyl (C=O) groups excluding carboxylic acids is 2. The highest BCUT2D eigenvalue weighted by atomic mass is 16.5. The smallest absolute Gasteiger partial charge is 0.313 e. The van der Waals surface area contributed by atoms with Gasteiger partial charge in [-0.25, -0.2) is 0 Å². The van der Waals surface area contributed by atoms with Crippen LogP contribution < -0.4 is 20.1 Å². The molecule has 0 atom stereocenters. The molecule has 2 amide bonds. The first kappa shape index (κ1) is 22.3. The van der Waals surface area contributed by atoms with Crippen molar-refractivity contribution in [3.05, 3.63) is 53.6 Å². The molecule has 2 N–H and O–H groups in total. The van der Waals surface area contributed by atoms with Gasteiger partial charge in [0.1, 0.15) is 0 Å². The largest absolute Gasteiger partial charge is 0.490 e. The summed E-state index contributed by atoms with van der Waals surface area (Å²) in [5, 5.41) is 5.27. The number of nitrogens with one attached hydrogen (secondary N) is 2. The van der Waals surface area contributed by atoms with E-state index >= 15 is 0 Å². The standard InChI is InChI=1S/C23H30N2O4/c1-5-28-20-12-7-17(15-21(20)29-6-2)13-14-24-22(26)23(27)25-19-10-8-18(9-11-19)16(3)4/h7-12,15-16H,5-6,13-14H2,1-4H3,(H,24,26)(H,25,27). The van der Waals surface area contributed by atoms with Crippen molar-refractivity contribution >= 4 is 17.5 Å². The maximum atomic E-state index is 12.1. The van der Waals surface area contributed by atoms with E-state index in [1.165, 1.54) is 5.56 Å². The van der Waals surface area contributed by atoms with Crippen LogP contribution in [0.2, 0.25) is 0 Å². The molecular weight excluding hydrogens is 368 g/mol. The van der Waals surface area contributed by atoms with E-state index in [0.717, 1.165) is 5.56 Å². The lowest BCUT2D eigenvalue weighted by Gasteiger charge is -2.12. The van der Waals surface area contributed by atoms with Crippen LogP contribution in [-0.4, -0.2) is 31.6 Å². The highest BCUT2D eigenvalue weighted by Crippen LogP contribution is 2.28. The predicted molar refractivity (Wildman–Crippen MR) is 115 cm³/mol. The molecule has 0 fully saturated rings. The Labute approximate surface area is 172 Å². The minimum Gasteiger partial charge on any atom is -0.490 e. The van der Waals surface area contributed by atoms with E-state index in [4.69, 9.17) is 9.47 Å². The van der Waals surface area contributed by atoms with E-state index in [1.54, 1.807) is 12.1 Å². The molecule has 0 aliphatic rings. The van der Waals surface area contributed by atoms with Gasteiger partial charge in [-0.3, -0.25) is 9.59 Å². The second-order valence-electron chi connectivity index (χ2n) is 6.88. The molecule has 0 bridgehead atoms. The Balaban J connectivity index is 1.85. The molecule has 6 heteroatoms. The average molecular weight is 399 g/mol. The topological polar surface area (TPSA) is 76.7 Å². The molecule has 0 heterocycles. The maximum Gasteiger partial charge on any atom is 0.313 e. The summed E-state index contributed by atoms with van der Waals surface area (Å²) < 4.78 is 11.2. The Bertz CT molecular complexity index is 816. The van der Waals surface area contributed by atoms with Gasteiger partial charge in [-0.2, -0.15) is 0 Å². The minimum absolute atomic E-state index is 0.345. The number of anilines is 1. The SMILES string of the molecule is CCOc1ccc(CCNC(=O)C(=O)Nc2ccc(C(C)C)cc2)cc1OCC. The van der Waals surface area contributed by atoms with Crippen molar-refractivity contribution in [1.82, 2.24) is 5.32 Å². The molecule has 6 nitrogen and oxygen atoms in total. The molecule has 2 aromatic carbocycles. The number of amides is 2. The van der Waals surface area contributed by atoms with Crippen LogP contribution in [0, 0.1) is 0 Å². The van der Waals surface area contributed by atoms with Crippen molar-refractivity contribution in [3.63, 3.8) is 0 Å². The van der Waals surface area contributed by atoms with E-state index in [9.17, 15) is 9.59 Å². The molecule has 0 saturated heterocycles. The number of hydrogen-bond acceptors (Lipinski definition) is 4. The summed E-state index contributed by atoms with van der Waals surface area (Å²) in [6.45, 7) is 9.48. The molecule has 0 spiro atoms. The van der Waals surface area contributed by atoms with Crippen LogP contribution in [0.4, 0.5) is 5.69 Å². The third-order valence-corrected chi connectivity index (χ3v) is 4.35. The lowest BCUT2D eigenvalue weighted by molar-refractivity contribution is -0.136. The van der Waals surface area contributed by atoms with Crippen LogP contribution in [0.3, 0.4) is 0 Å². The van der Waals surface area contributed by atoms with E-state index in [2.05, 4.69) is 24.5 Å². The molecule has 0 radical (unpaired) electrons. The van der Waals surface area contributed by atoms with Gasteiger partial charge in [0.2, 0.25) is 0 Å². The number of rotatable bonds is 9. The Morgan fingerprint density at radius 1 is 0.897 bits per heavy atom. The fourth-order valence-electron chi connectivity index (χ4n) is 2.79. The third-order valence-electron chi connectivity index (χ3n) is 4.35. The van der Waals surface area contributed by atoms with Crippen molar-refractivity contribution in [2.24, 2.45) is 0 Å². The first-order valence-corrected chi connectivity index (χ1v) is 10.0. The van der Waals surface area contributed by atoms with Crippen molar-refractivity contribution < 1.29 is 19.1 Å². The number of ether oxygens (including phenoxy) is 2. The number of hydrogen-bond donors (Lipinski definition) is 2. The summed E-state index contributed by atoms with van der Waals surface area (Å²) in [6.07, 6.45) is 0.578. The Kier molecular flexibility index (Phi) is 8.52. The van der Waals surface area contributed by atoms with E-state index in [0.29, 0.717) is 49.3 Å². The van der Waals surface area contributed by atoms with Crippen LogP contribution in [0.25, 0.3) is 0 Å². The molecule has 156 valence electrons. The minimum atomic E-state index is -0.677. The van der Waals surface area contributed by atoms with Crippen LogP contribution in [-0.2, 0) is 16.0 Å². The molecule has 2 rings (SSSR count). The molecular formula is C23H30N2O4. The lowest BCUT2D eigenvalue weighted by atomic mass is 10.0. The zero-order valence-corrected chi connectivity index (χ0v) is 17.6. The van der Waals surface area contributed by atoms with Gasteiger partial charge in [0.15, 0.2) is 11.5 Å². The Morgan fingerprint density at radius 2 is 1.55 bits per heavy atom. The second-order valence-corrected chi connectivity index (χ2v) is 6.88. The fraction of sp³-hybridized carbons (Fsp3) is 0.391. The summed E-state index contributed by atoms with van der Waals surface area (Å²) in [5.41, 5.74) is 2.76. The van der Waals surface area contributed by atoms with Gasteiger partial charge >= 0.3 is 11.8 Å². The lowest BCUT2D eigenvalue weighted by Crippen LogP contribution is -2.36. The number of benzene rings is 2. The molecule has 0 aliphatic heterocycles. The molecule has 29 heavy (non-hydrogen) atoms. The quantitative estimate of drug-likeness (QED) is 0.628. The summed E-state index contributed by atoms with van der Waals surface area (Å²) in [5.74, 6) is 0.456. The van der Waals surface area contributed by atoms with Crippen molar-refractivity contribution in [1.29, 1.82) is 0 Å². The van der Waals surface area contributed by atoms with Crippen LogP contribution in [0.1, 0.15) is 44.7 Å². The zero-order chi connectivity index (χ0) is 21.2. The molecule has 0 aliphatic carbocycles. The summed E-state index contributed by atoms with van der Waals surface area (Å²) in [7, 11) is 0. The molecule has 0 aromatic heterocycles. The number of carbonyl (C=O) groups is 2. The van der Waals surface area contributed by atoms with Gasteiger partial charge < -0.3 is 20.1 Å². The van der Waals surface area contributed by atoms with Gasteiger partial charge in [0.05, 0.1) is 13.2 Å². The normalized spacial score (nSPS) is 10.5. The van der Waals surface area contributed by atoms with Crippen molar-refractivity contribution in [3.8, 4) is 11.5 Å². The van der Waals surface area contributed by atoms with Crippen molar-refractivity contribution in [2.75, 3.05) is 25.1 Å². The Hall–Kier alpha value is -3.02. The van der Waals surface area contributed by atoms with Crippen LogP contribution >= 0.6 is 0 Å². The summed E-state index contributed by atoms with van der Waals surface area (Å²) >= 11 is 0. The van der Waals surface area contributed by atoms with Gasteiger partial charge in [-0.1, -0.05) is 32.0 Å². The highest BCUT2D eigenvalue weighted by molar-refractivity contribution is 6.39. The zero-order valence-electron chi connectivity index (χ0n) is 17.6. The molecule has 2 aromatic rings. The highest BCUT2D eigenvalue weighted by Gasteiger charge is 2.14.